The molecule has 0 aliphatic carbocycles. The van der Waals surface area contributed by atoms with Gasteiger partial charge in [-0.15, -0.1) is 0 Å². The summed E-state index contributed by atoms with van der Waals surface area (Å²) in [6.45, 7) is 4.16. The van der Waals surface area contributed by atoms with Crippen LogP contribution in [0.25, 0.3) is 0 Å². The molecule has 0 amide bonds. The molecule has 3 heteroatoms. The number of nitrogens with one attached hydrogen (secondary N) is 1. The van der Waals surface area contributed by atoms with Crippen molar-refractivity contribution in [2.45, 2.75) is 25.8 Å². The average molecular weight is 229 g/mol. The number of anilines is 1. The lowest BCUT2D eigenvalue weighted by Gasteiger charge is -2.25. The van der Waals surface area contributed by atoms with E-state index in [0.29, 0.717) is 6.04 Å². The van der Waals surface area contributed by atoms with E-state index in [9.17, 15) is 0 Å². The van der Waals surface area contributed by atoms with E-state index in [1.807, 2.05) is 12.1 Å². The molecular weight excluding hydrogens is 210 g/mol. The number of rotatable bonds is 3. The standard InChI is InChI=1S/C14H19N3/c1-11-5-3-6-12(9-15)14(11)17(2)10-13-7-4-8-16-13/h3,5-6,13,16H,4,7-8,10H2,1-2H3. The first-order chi connectivity index (χ1) is 8.22. The van der Waals surface area contributed by atoms with Gasteiger partial charge in [-0.2, -0.15) is 5.26 Å². The zero-order valence-corrected chi connectivity index (χ0v) is 10.5. The van der Waals surface area contributed by atoms with Gasteiger partial charge in [-0.05, 0) is 37.9 Å². The third-order valence-corrected chi connectivity index (χ3v) is 3.40. The molecule has 0 saturated carbocycles. The SMILES string of the molecule is Cc1cccc(C#N)c1N(C)CC1CCCN1. The lowest BCUT2D eigenvalue weighted by molar-refractivity contribution is 0.599. The van der Waals surface area contributed by atoms with Crippen LogP contribution in [0.5, 0.6) is 0 Å². The Morgan fingerprint density at radius 1 is 1.53 bits per heavy atom. The van der Waals surface area contributed by atoms with Crippen molar-refractivity contribution in [1.29, 1.82) is 5.26 Å². The second-order valence-electron chi connectivity index (χ2n) is 4.76. The Hall–Kier alpha value is -1.53. The van der Waals surface area contributed by atoms with E-state index in [2.05, 4.69) is 36.3 Å². The van der Waals surface area contributed by atoms with Crippen LogP contribution in [-0.2, 0) is 0 Å². The molecule has 90 valence electrons. The summed E-state index contributed by atoms with van der Waals surface area (Å²) in [6.07, 6.45) is 2.50. The third-order valence-electron chi connectivity index (χ3n) is 3.40. The molecule has 0 bridgehead atoms. The molecule has 1 saturated heterocycles. The van der Waals surface area contributed by atoms with E-state index < -0.39 is 0 Å². The Kier molecular flexibility index (Phi) is 3.65. The molecule has 1 fully saturated rings. The van der Waals surface area contributed by atoms with E-state index in [1.54, 1.807) is 0 Å². The van der Waals surface area contributed by atoms with Crippen molar-refractivity contribution in [3.63, 3.8) is 0 Å². The number of aryl methyl sites for hydroxylation is 1. The molecule has 2 rings (SSSR count). The van der Waals surface area contributed by atoms with Crippen LogP contribution in [0.2, 0.25) is 0 Å². The van der Waals surface area contributed by atoms with Gasteiger partial charge in [0.05, 0.1) is 11.3 Å². The smallest absolute Gasteiger partial charge is 0.101 e. The largest absolute Gasteiger partial charge is 0.372 e. The number of nitriles is 1. The predicted octanol–water partition coefficient (Wildman–Crippen LogP) is 2.05. The maximum atomic E-state index is 9.16. The van der Waals surface area contributed by atoms with Gasteiger partial charge in [0.1, 0.15) is 6.07 Å². The van der Waals surface area contributed by atoms with Crippen LogP contribution in [0, 0.1) is 18.3 Å². The molecule has 1 atom stereocenters. The summed E-state index contributed by atoms with van der Waals surface area (Å²) in [7, 11) is 2.07. The van der Waals surface area contributed by atoms with E-state index in [1.165, 1.54) is 18.4 Å². The van der Waals surface area contributed by atoms with Crippen molar-refractivity contribution in [1.82, 2.24) is 5.32 Å². The summed E-state index contributed by atoms with van der Waals surface area (Å²) >= 11 is 0. The first-order valence-electron chi connectivity index (χ1n) is 6.16. The van der Waals surface area contributed by atoms with Crippen molar-refractivity contribution < 1.29 is 0 Å². The van der Waals surface area contributed by atoms with Crippen molar-refractivity contribution in [3.05, 3.63) is 29.3 Å². The molecule has 1 aliphatic heterocycles. The van der Waals surface area contributed by atoms with Crippen molar-refractivity contribution in [2.24, 2.45) is 0 Å². The third kappa shape index (κ3) is 2.59. The second-order valence-corrected chi connectivity index (χ2v) is 4.76. The molecule has 1 heterocycles. The second kappa shape index (κ2) is 5.20. The summed E-state index contributed by atoms with van der Waals surface area (Å²) in [5.41, 5.74) is 3.01. The van der Waals surface area contributed by atoms with Gasteiger partial charge >= 0.3 is 0 Å². The fraction of sp³-hybridized carbons (Fsp3) is 0.500. The molecule has 0 radical (unpaired) electrons. The van der Waals surface area contributed by atoms with Crippen LogP contribution in [0.15, 0.2) is 18.2 Å². The molecule has 0 spiro atoms. The lowest BCUT2D eigenvalue weighted by Crippen LogP contribution is -2.35. The van der Waals surface area contributed by atoms with E-state index in [-0.39, 0.29) is 0 Å². The van der Waals surface area contributed by atoms with Crippen LogP contribution in [-0.4, -0.2) is 26.2 Å². The molecule has 1 aromatic carbocycles. The first-order valence-corrected chi connectivity index (χ1v) is 6.16. The van der Waals surface area contributed by atoms with Gasteiger partial charge in [-0.1, -0.05) is 12.1 Å². The molecule has 1 aliphatic rings. The number of hydrogen-bond donors (Lipinski definition) is 1. The summed E-state index contributed by atoms with van der Waals surface area (Å²) in [4.78, 5) is 2.21. The molecule has 0 aromatic heterocycles. The number of nitrogens with zero attached hydrogens (tertiary/aromatic N) is 2. The Balaban J connectivity index is 2.18. The maximum Gasteiger partial charge on any atom is 0.101 e. The number of benzene rings is 1. The van der Waals surface area contributed by atoms with Crippen molar-refractivity contribution >= 4 is 5.69 Å². The minimum atomic E-state index is 0.561. The maximum absolute atomic E-state index is 9.16. The van der Waals surface area contributed by atoms with E-state index in [0.717, 1.165) is 24.3 Å². The quantitative estimate of drug-likeness (QED) is 0.862. The Labute approximate surface area is 103 Å². The zero-order chi connectivity index (χ0) is 12.3. The highest BCUT2D eigenvalue weighted by Crippen LogP contribution is 2.24. The topological polar surface area (TPSA) is 39.1 Å². The highest BCUT2D eigenvalue weighted by molar-refractivity contribution is 5.63. The summed E-state index contributed by atoms with van der Waals surface area (Å²) in [5, 5.41) is 12.6. The Bertz CT molecular complexity index is 428. The van der Waals surface area contributed by atoms with Crippen LogP contribution in [0.1, 0.15) is 24.0 Å². The first kappa shape index (κ1) is 11.9. The van der Waals surface area contributed by atoms with Gasteiger partial charge in [-0.25, -0.2) is 0 Å². The average Bonchev–Trinajstić information content (AvgIpc) is 2.81. The molecule has 1 aromatic rings. The molecule has 3 nitrogen and oxygen atoms in total. The van der Waals surface area contributed by atoms with Gasteiger partial charge in [0.15, 0.2) is 0 Å². The zero-order valence-electron chi connectivity index (χ0n) is 10.5. The number of hydrogen-bond acceptors (Lipinski definition) is 3. The van der Waals surface area contributed by atoms with Gasteiger partial charge in [0.25, 0.3) is 0 Å². The summed E-state index contributed by atoms with van der Waals surface area (Å²) in [5.74, 6) is 0. The fourth-order valence-corrected chi connectivity index (χ4v) is 2.59. The highest BCUT2D eigenvalue weighted by Gasteiger charge is 2.18. The molecule has 1 unspecified atom stereocenters. The number of likely N-dealkylation sites (N-methyl/N-ethyl adjacent to an activating group) is 1. The molecular formula is C14H19N3. The van der Waals surface area contributed by atoms with Crippen LogP contribution < -0.4 is 10.2 Å². The summed E-state index contributed by atoms with van der Waals surface area (Å²) < 4.78 is 0. The van der Waals surface area contributed by atoms with Crippen LogP contribution >= 0.6 is 0 Å². The van der Waals surface area contributed by atoms with E-state index in [4.69, 9.17) is 5.26 Å². The van der Waals surface area contributed by atoms with Crippen LogP contribution in [0.3, 0.4) is 0 Å². The van der Waals surface area contributed by atoms with Gasteiger partial charge in [-0.3, -0.25) is 0 Å². The van der Waals surface area contributed by atoms with Gasteiger partial charge < -0.3 is 10.2 Å². The predicted molar refractivity (Wildman–Crippen MR) is 70.2 cm³/mol. The minimum Gasteiger partial charge on any atom is -0.372 e. The van der Waals surface area contributed by atoms with Crippen molar-refractivity contribution in [2.75, 3.05) is 25.0 Å². The normalized spacial score (nSPS) is 19.0. The monoisotopic (exact) mass is 229 g/mol. The number of para-hydroxylation sites is 1. The van der Waals surface area contributed by atoms with Crippen molar-refractivity contribution in [3.8, 4) is 6.07 Å². The van der Waals surface area contributed by atoms with E-state index >= 15 is 0 Å². The lowest BCUT2D eigenvalue weighted by atomic mass is 10.1. The summed E-state index contributed by atoms with van der Waals surface area (Å²) in [6, 6.07) is 8.74. The van der Waals surface area contributed by atoms with Gasteiger partial charge in [0, 0.05) is 19.6 Å². The fourth-order valence-electron chi connectivity index (χ4n) is 2.59. The molecule has 17 heavy (non-hydrogen) atoms. The highest BCUT2D eigenvalue weighted by atomic mass is 15.1. The van der Waals surface area contributed by atoms with Gasteiger partial charge in [0.2, 0.25) is 0 Å². The molecule has 1 N–H and O–H groups in total. The Morgan fingerprint density at radius 2 is 2.35 bits per heavy atom. The van der Waals surface area contributed by atoms with Crippen LogP contribution in [0.4, 0.5) is 5.69 Å². The minimum absolute atomic E-state index is 0.561. The Morgan fingerprint density at radius 3 is 3.00 bits per heavy atom.